The van der Waals surface area contributed by atoms with Gasteiger partial charge in [0, 0.05) is 0 Å². The number of carbonyl (C=O) groups is 1. The Balaban J connectivity index is 1.48. The lowest BCUT2D eigenvalue weighted by molar-refractivity contribution is -0.121. The van der Waals surface area contributed by atoms with Gasteiger partial charge in [-0.05, 0) is 26.3 Å². The lowest BCUT2D eigenvalue weighted by atomic mass is 10.1. The summed E-state index contributed by atoms with van der Waals surface area (Å²) >= 11 is 0. The summed E-state index contributed by atoms with van der Waals surface area (Å²) in [5.74, 6) is -0.508. The van der Waals surface area contributed by atoms with Gasteiger partial charge in [0.05, 0.1) is 19.3 Å². The van der Waals surface area contributed by atoms with Gasteiger partial charge >= 0.3 is 13.4 Å². The van der Waals surface area contributed by atoms with Gasteiger partial charge < -0.3 is 31.0 Å². The van der Waals surface area contributed by atoms with E-state index < -0.39 is 56.5 Å². The number of anilines is 1. The van der Waals surface area contributed by atoms with E-state index >= 15 is 0 Å². The minimum atomic E-state index is -4.09. The zero-order valence-corrected chi connectivity index (χ0v) is 18.6. The molecule has 2 aliphatic rings. The third-order valence-corrected chi connectivity index (χ3v) is 7.04. The fourth-order valence-electron chi connectivity index (χ4n) is 3.84. The highest BCUT2D eigenvalue weighted by molar-refractivity contribution is 7.52. The number of nitrogens with zero attached hydrogens (tertiary/aromatic N) is 3. The summed E-state index contributed by atoms with van der Waals surface area (Å²) in [6.07, 6.45) is -3.06. The number of aromatic nitrogens is 4. The Labute approximate surface area is 187 Å². The number of fused-ring (bicyclic) bond motifs is 1. The lowest BCUT2D eigenvalue weighted by Gasteiger charge is -2.22. The molecule has 33 heavy (non-hydrogen) atoms. The van der Waals surface area contributed by atoms with Crippen molar-refractivity contribution in [2.24, 2.45) is 0 Å². The number of ether oxygens (including phenoxy) is 1. The maximum absolute atomic E-state index is 13.0. The second kappa shape index (κ2) is 9.46. The number of hydrogen-bond acceptors (Lipinski definition) is 12. The number of H-pyrrole nitrogens is 1. The number of nitrogens with one attached hydrogen (secondary N) is 3. The fourth-order valence-corrected chi connectivity index (χ4v) is 5.15. The van der Waals surface area contributed by atoms with Crippen LogP contribution in [-0.2, 0) is 23.1 Å². The van der Waals surface area contributed by atoms with Gasteiger partial charge in [0.2, 0.25) is 5.91 Å². The SMILES string of the molecule is CCOP(=O)(NC(=O)[C@@H]1CCCN1)OC[C@H]1O[C@@H](n2c(=O)[nH]c3c(N)ncnc32)[C@H](O)[C@@H]1O. The van der Waals surface area contributed by atoms with E-state index in [9.17, 15) is 24.4 Å². The van der Waals surface area contributed by atoms with Gasteiger partial charge in [0.25, 0.3) is 0 Å². The van der Waals surface area contributed by atoms with Crippen LogP contribution in [0, 0.1) is 0 Å². The van der Waals surface area contributed by atoms with E-state index in [1.54, 1.807) is 6.92 Å². The van der Waals surface area contributed by atoms with Crippen LogP contribution >= 0.6 is 7.75 Å². The zero-order chi connectivity index (χ0) is 23.8. The van der Waals surface area contributed by atoms with E-state index in [0.717, 1.165) is 17.3 Å². The summed E-state index contributed by atoms with van der Waals surface area (Å²) in [7, 11) is -4.09. The molecule has 0 radical (unpaired) electrons. The molecule has 2 fully saturated rings. The molecule has 1 unspecified atom stereocenters. The highest BCUT2D eigenvalue weighted by Crippen LogP contribution is 2.45. The highest BCUT2D eigenvalue weighted by atomic mass is 31.2. The normalized spacial score (nSPS) is 29.4. The predicted octanol–water partition coefficient (Wildman–Crippen LogP) is -1.65. The minimum absolute atomic E-state index is 0.0131. The standard InChI is InChI=1S/C17H26N7O8P/c1-2-30-33(29,23-15(27)8-4-3-5-19-8)31-6-9-11(25)12(26)16(32-9)24-14-10(22-17(24)28)13(18)20-7-21-14/h7-9,11-12,16,19,25-26H,2-6H2,1H3,(H,22,28)(H2,18,20,21)(H,23,27,29)/t8-,9+,11+,12+,16+,33?/m0/s1. The first-order valence-corrected chi connectivity index (χ1v) is 11.9. The fraction of sp³-hybridized carbons (Fsp3) is 0.647. The van der Waals surface area contributed by atoms with Crippen LogP contribution in [0.15, 0.2) is 11.1 Å². The average molecular weight is 487 g/mol. The first-order valence-electron chi connectivity index (χ1n) is 10.4. The van der Waals surface area contributed by atoms with Crippen molar-refractivity contribution in [1.29, 1.82) is 0 Å². The predicted molar refractivity (Wildman–Crippen MR) is 113 cm³/mol. The zero-order valence-electron chi connectivity index (χ0n) is 17.7. The summed E-state index contributed by atoms with van der Waals surface area (Å²) in [4.78, 5) is 35.1. The van der Waals surface area contributed by atoms with E-state index in [0.29, 0.717) is 13.0 Å². The van der Waals surface area contributed by atoms with Crippen molar-refractivity contribution in [3.63, 3.8) is 0 Å². The van der Waals surface area contributed by atoms with Gasteiger partial charge in [-0.1, -0.05) is 0 Å². The molecule has 1 amide bonds. The molecule has 2 aromatic heterocycles. The van der Waals surface area contributed by atoms with Gasteiger partial charge in [0.1, 0.15) is 30.2 Å². The van der Waals surface area contributed by atoms with Crippen LogP contribution < -0.4 is 21.8 Å². The summed E-state index contributed by atoms with van der Waals surface area (Å²) < 4.78 is 30.2. The Bertz CT molecular complexity index is 1120. The van der Waals surface area contributed by atoms with Gasteiger partial charge in [0.15, 0.2) is 17.7 Å². The molecule has 0 aliphatic carbocycles. The van der Waals surface area contributed by atoms with Gasteiger partial charge in [-0.2, -0.15) is 0 Å². The molecule has 16 heteroatoms. The largest absolute Gasteiger partial charge is 0.435 e. The Morgan fingerprint density at radius 3 is 2.88 bits per heavy atom. The van der Waals surface area contributed by atoms with Crippen molar-refractivity contribution in [3.8, 4) is 0 Å². The quantitative estimate of drug-likeness (QED) is 0.231. The molecule has 7 N–H and O–H groups in total. The van der Waals surface area contributed by atoms with Crippen molar-refractivity contribution >= 4 is 30.6 Å². The molecule has 2 aromatic rings. The number of rotatable bonds is 8. The number of carbonyl (C=O) groups excluding carboxylic acids is 1. The van der Waals surface area contributed by atoms with Crippen molar-refractivity contribution in [2.45, 2.75) is 50.3 Å². The van der Waals surface area contributed by atoms with Crippen LogP contribution in [-0.4, -0.2) is 79.8 Å². The van der Waals surface area contributed by atoms with Crippen LogP contribution in [0.2, 0.25) is 0 Å². The second-order valence-electron chi connectivity index (χ2n) is 7.64. The average Bonchev–Trinajstić information content (AvgIpc) is 3.48. The van der Waals surface area contributed by atoms with Crippen LogP contribution in [0.3, 0.4) is 0 Å². The maximum Gasteiger partial charge on any atom is 0.435 e. The summed E-state index contributed by atoms with van der Waals surface area (Å²) in [5.41, 5.74) is 5.28. The minimum Gasteiger partial charge on any atom is -0.387 e. The smallest absolute Gasteiger partial charge is 0.387 e. The monoisotopic (exact) mass is 487 g/mol. The summed E-state index contributed by atoms with van der Waals surface area (Å²) in [6.45, 7) is 1.73. The topological polar surface area (TPSA) is 216 Å². The van der Waals surface area contributed by atoms with E-state index in [4.69, 9.17) is 19.5 Å². The van der Waals surface area contributed by atoms with E-state index in [-0.39, 0.29) is 23.6 Å². The molecule has 6 atom stereocenters. The molecule has 4 rings (SSSR count). The van der Waals surface area contributed by atoms with Crippen LogP contribution in [0.5, 0.6) is 0 Å². The van der Waals surface area contributed by atoms with Gasteiger partial charge in [-0.15, -0.1) is 0 Å². The number of nitrogens with two attached hydrogens (primary N) is 1. The van der Waals surface area contributed by atoms with Gasteiger partial charge in [-0.25, -0.2) is 23.9 Å². The van der Waals surface area contributed by atoms with Crippen LogP contribution in [0.1, 0.15) is 26.0 Å². The van der Waals surface area contributed by atoms with Crippen LogP contribution in [0.25, 0.3) is 11.2 Å². The lowest BCUT2D eigenvalue weighted by Crippen LogP contribution is -2.40. The Morgan fingerprint density at radius 1 is 1.39 bits per heavy atom. The van der Waals surface area contributed by atoms with Crippen molar-refractivity contribution in [2.75, 3.05) is 25.5 Å². The van der Waals surface area contributed by atoms with Gasteiger partial charge in [-0.3, -0.25) is 18.9 Å². The summed E-state index contributed by atoms with van der Waals surface area (Å²) in [6, 6.07) is -0.509. The summed E-state index contributed by atoms with van der Waals surface area (Å²) in [5, 5.41) is 26.2. The van der Waals surface area contributed by atoms with Crippen molar-refractivity contribution in [3.05, 3.63) is 16.8 Å². The van der Waals surface area contributed by atoms with E-state index in [2.05, 4.69) is 25.4 Å². The number of aliphatic hydroxyl groups excluding tert-OH is 2. The Kier molecular flexibility index (Phi) is 6.81. The Morgan fingerprint density at radius 2 is 2.18 bits per heavy atom. The van der Waals surface area contributed by atoms with Crippen LogP contribution in [0.4, 0.5) is 5.82 Å². The molecule has 2 saturated heterocycles. The van der Waals surface area contributed by atoms with E-state index in [1.807, 2.05) is 0 Å². The second-order valence-corrected chi connectivity index (χ2v) is 9.37. The molecule has 0 spiro atoms. The number of imidazole rings is 1. The molecule has 0 saturated carbocycles. The third kappa shape index (κ3) is 4.66. The third-order valence-electron chi connectivity index (χ3n) is 5.46. The number of aromatic amines is 1. The number of aliphatic hydroxyl groups is 2. The number of amides is 1. The highest BCUT2D eigenvalue weighted by Gasteiger charge is 2.46. The Hall–Kier alpha value is -2.39. The van der Waals surface area contributed by atoms with Crippen molar-refractivity contribution < 1.29 is 33.4 Å². The molecular formula is C17H26N7O8P. The first-order chi connectivity index (χ1) is 15.7. The first kappa shape index (κ1) is 23.8. The number of hydrogen-bond donors (Lipinski definition) is 6. The number of nitrogen functional groups attached to an aromatic ring is 1. The maximum atomic E-state index is 13.0. The molecule has 0 aromatic carbocycles. The van der Waals surface area contributed by atoms with Crippen molar-refractivity contribution in [1.82, 2.24) is 29.9 Å². The molecular weight excluding hydrogens is 461 g/mol. The molecule has 15 nitrogen and oxygen atoms in total. The molecule has 182 valence electrons. The molecule has 0 bridgehead atoms. The van der Waals surface area contributed by atoms with E-state index in [1.165, 1.54) is 0 Å². The molecule has 2 aliphatic heterocycles. The molecule has 4 heterocycles.